The van der Waals surface area contributed by atoms with Crippen molar-refractivity contribution in [1.82, 2.24) is 14.8 Å². The van der Waals surface area contributed by atoms with Gasteiger partial charge in [-0.1, -0.05) is 46.3 Å². The molecule has 4 aromatic rings. The number of carbonyl (C=O) groups excluding carboxylic acids is 2. The SMILES string of the molecule is COCCN(CC(=O)N(CCc1c[nH]c2ccccc12)Cc1ccc(OC)c(OC)c1)C(=O)Nc1cccc(Br)c1. The molecule has 0 saturated heterocycles. The number of para-hydroxylation sites is 1. The first-order chi connectivity index (χ1) is 19.9. The summed E-state index contributed by atoms with van der Waals surface area (Å²) in [5.41, 5.74) is 3.68. The summed E-state index contributed by atoms with van der Waals surface area (Å²) in [7, 11) is 4.73. The third kappa shape index (κ3) is 8.02. The molecule has 4 rings (SSSR count). The second kappa shape index (κ2) is 14.6. The Morgan fingerprint density at radius 1 is 0.902 bits per heavy atom. The highest BCUT2D eigenvalue weighted by atomic mass is 79.9. The number of anilines is 1. The normalized spacial score (nSPS) is 10.8. The fraction of sp³-hybridized carbons (Fsp3) is 0.290. The number of hydrogen-bond donors (Lipinski definition) is 2. The number of H-pyrrole nitrogens is 1. The summed E-state index contributed by atoms with van der Waals surface area (Å²) in [4.78, 5) is 33.6. The molecule has 216 valence electrons. The number of amides is 3. The van der Waals surface area contributed by atoms with Gasteiger partial charge in [-0.15, -0.1) is 0 Å². The molecule has 3 amide bonds. The van der Waals surface area contributed by atoms with E-state index in [0.717, 1.165) is 26.5 Å². The summed E-state index contributed by atoms with van der Waals surface area (Å²) < 4.78 is 16.9. The molecule has 2 N–H and O–H groups in total. The zero-order chi connectivity index (χ0) is 29.2. The number of rotatable bonds is 13. The van der Waals surface area contributed by atoms with Crippen LogP contribution in [0.3, 0.4) is 0 Å². The van der Waals surface area contributed by atoms with Crippen LogP contribution in [0.5, 0.6) is 11.5 Å². The van der Waals surface area contributed by atoms with Crippen molar-refractivity contribution in [3.8, 4) is 11.5 Å². The number of aromatic amines is 1. The van der Waals surface area contributed by atoms with E-state index in [2.05, 4.69) is 32.3 Å². The first kappa shape index (κ1) is 30.0. The minimum Gasteiger partial charge on any atom is -0.493 e. The number of urea groups is 1. The predicted octanol–water partition coefficient (Wildman–Crippen LogP) is 5.70. The molecule has 0 saturated carbocycles. The summed E-state index contributed by atoms with van der Waals surface area (Å²) in [5.74, 6) is 1.02. The van der Waals surface area contributed by atoms with Crippen molar-refractivity contribution in [3.63, 3.8) is 0 Å². The van der Waals surface area contributed by atoms with Crippen molar-refractivity contribution >= 4 is 44.5 Å². The molecule has 0 radical (unpaired) electrons. The van der Waals surface area contributed by atoms with Crippen molar-refractivity contribution in [2.24, 2.45) is 0 Å². The van der Waals surface area contributed by atoms with Gasteiger partial charge in [0.2, 0.25) is 5.91 Å². The number of aromatic nitrogens is 1. The van der Waals surface area contributed by atoms with E-state index in [0.29, 0.717) is 43.3 Å². The van der Waals surface area contributed by atoms with Gasteiger partial charge in [0.15, 0.2) is 11.5 Å². The minimum atomic E-state index is -0.379. The molecule has 0 spiro atoms. The maximum absolute atomic E-state index is 13.8. The number of hydrogen-bond acceptors (Lipinski definition) is 5. The van der Waals surface area contributed by atoms with Crippen LogP contribution in [0.2, 0.25) is 0 Å². The molecule has 9 nitrogen and oxygen atoms in total. The molecular weight excluding hydrogens is 588 g/mol. The first-order valence-electron chi connectivity index (χ1n) is 13.3. The minimum absolute atomic E-state index is 0.107. The van der Waals surface area contributed by atoms with Crippen LogP contribution in [-0.4, -0.2) is 74.3 Å². The molecule has 0 aliphatic heterocycles. The second-order valence-corrected chi connectivity index (χ2v) is 10.4. The Morgan fingerprint density at radius 2 is 1.71 bits per heavy atom. The van der Waals surface area contributed by atoms with Crippen molar-refractivity contribution in [1.29, 1.82) is 0 Å². The van der Waals surface area contributed by atoms with Gasteiger partial charge in [0, 0.05) is 54.0 Å². The van der Waals surface area contributed by atoms with Gasteiger partial charge >= 0.3 is 6.03 Å². The van der Waals surface area contributed by atoms with Gasteiger partial charge in [0.1, 0.15) is 6.54 Å². The highest BCUT2D eigenvalue weighted by Crippen LogP contribution is 2.28. The van der Waals surface area contributed by atoms with E-state index in [-0.39, 0.29) is 25.0 Å². The number of benzene rings is 3. The Balaban J connectivity index is 1.55. The number of fused-ring (bicyclic) bond motifs is 1. The quantitative estimate of drug-likeness (QED) is 0.199. The van der Waals surface area contributed by atoms with Crippen LogP contribution in [-0.2, 0) is 22.5 Å². The van der Waals surface area contributed by atoms with Crippen LogP contribution >= 0.6 is 15.9 Å². The lowest BCUT2D eigenvalue weighted by Gasteiger charge is -2.28. The lowest BCUT2D eigenvalue weighted by Crippen LogP contribution is -2.46. The van der Waals surface area contributed by atoms with Gasteiger partial charge in [-0.05, 0) is 53.9 Å². The average Bonchev–Trinajstić information content (AvgIpc) is 3.40. The van der Waals surface area contributed by atoms with Crippen molar-refractivity contribution in [2.45, 2.75) is 13.0 Å². The number of carbonyl (C=O) groups is 2. The Morgan fingerprint density at radius 3 is 2.46 bits per heavy atom. The third-order valence-corrected chi connectivity index (χ3v) is 7.25. The number of ether oxygens (including phenoxy) is 3. The fourth-order valence-corrected chi connectivity index (χ4v) is 4.97. The van der Waals surface area contributed by atoms with Crippen LogP contribution in [0.4, 0.5) is 10.5 Å². The van der Waals surface area contributed by atoms with E-state index in [1.165, 1.54) is 4.90 Å². The van der Waals surface area contributed by atoms with Gasteiger partial charge in [0.25, 0.3) is 0 Å². The molecule has 0 fully saturated rings. The van der Waals surface area contributed by atoms with Gasteiger partial charge in [-0.3, -0.25) is 4.79 Å². The van der Waals surface area contributed by atoms with Crippen molar-refractivity contribution in [2.75, 3.05) is 52.9 Å². The topological polar surface area (TPSA) is 96.1 Å². The predicted molar refractivity (Wildman–Crippen MR) is 164 cm³/mol. The second-order valence-electron chi connectivity index (χ2n) is 9.47. The Kier molecular flexibility index (Phi) is 10.6. The van der Waals surface area contributed by atoms with E-state index in [9.17, 15) is 9.59 Å². The monoisotopic (exact) mass is 622 g/mol. The maximum Gasteiger partial charge on any atom is 0.322 e. The summed E-state index contributed by atoms with van der Waals surface area (Å²) >= 11 is 3.42. The zero-order valence-corrected chi connectivity index (χ0v) is 25.1. The molecule has 1 aromatic heterocycles. The summed E-state index contributed by atoms with van der Waals surface area (Å²) in [5, 5.41) is 4.01. The third-order valence-electron chi connectivity index (χ3n) is 6.75. The van der Waals surface area contributed by atoms with E-state index in [1.54, 1.807) is 38.4 Å². The Labute approximate surface area is 248 Å². The molecular formula is C31H35BrN4O5. The molecule has 10 heteroatoms. The number of nitrogens with one attached hydrogen (secondary N) is 2. The van der Waals surface area contributed by atoms with E-state index < -0.39 is 0 Å². The van der Waals surface area contributed by atoms with Crippen molar-refractivity contribution < 1.29 is 23.8 Å². The number of nitrogens with zero attached hydrogens (tertiary/aromatic N) is 2. The van der Waals surface area contributed by atoms with E-state index >= 15 is 0 Å². The molecule has 3 aromatic carbocycles. The molecule has 0 unspecified atom stereocenters. The van der Waals surface area contributed by atoms with Crippen LogP contribution in [0.15, 0.2) is 77.4 Å². The molecule has 0 aliphatic carbocycles. The number of halogens is 1. The number of methoxy groups -OCH3 is 3. The molecule has 0 atom stereocenters. The van der Waals surface area contributed by atoms with E-state index in [1.807, 2.05) is 54.7 Å². The van der Waals surface area contributed by atoms with E-state index in [4.69, 9.17) is 14.2 Å². The van der Waals surface area contributed by atoms with Crippen LogP contribution < -0.4 is 14.8 Å². The maximum atomic E-state index is 13.8. The Bertz CT molecular complexity index is 1470. The summed E-state index contributed by atoms with van der Waals surface area (Å²) in [6, 6.07) is 20.6. The first-order valence-corrected chi connectivity index (χ1v) is 14.0. The zero-order valence-electron chi connectivity index (χ0n) is 23.5. The summed E-state index contributed by atoms with van der Waals surface area (Å²) in [6.07, 6.45) is 2.63. The van der Waals surface area contributed by atoms with Gasteiger partial charge in [-0.25, -0.2) is 4.79 Å². The van der Waals surface area contributed by atoms with Crippen molar-refractivity contribution in [3.05, 3.63) is 88.5 Å². The molecule has 0 bridgehead atoms. The molecule has 0 aliphatic rings. The highest BCUT2D eigenvalue weighted by Gasteiger charge is 2.23. The molecule has 41 heavy (non-hydrogen) atoms. The van der Waals surface area contributed by atoms with Gasteiger partial charge in [-0.2, -0.15) is 0 Å². The standard InChI is InChI=1S/C31H35BrN4O5/c1-39-16-15-36(31(38)34-25-8-6-7-24(32)18-25)21-30(37)35(20-22-11-12-28(40-2)29(17-22)41-3)14-13-23-19-33-27-10-5-4-9-26(23)27/h4-12,17-19,33H,13-16,20-21H2,1-3H3,(H,34,38). The van der Waals surface area contributed by atoms with Gasteiger partial charge in [0.05, 0.1) is 20.8 Å². The van der Waals surface area contributed by atoms with Crippen LogP contribution in [0, 0.1) is 0 Å². The summed E-state index contributed by atoms with van der Waals surface area (Å²) in [6.45, 7) is 1.25. The average molecular weight is 624 g/mol. The van der Waals surface area contributed by atoms with Crippen LogP contribution in [0.25, 0.3) is 10.9 Å². The lowest BCUT2D eigenvalue weighted by atomic mass is 10.1. The lowest BCUT2D eigenvalue weighted by molar-refractivity contribution is -0.132. The highest BCUT2D eigenvalue weighted by molar-refractivity contribution is 9.10. The van der Waals surface area contributed by atoms with Crippen LogP contribution in [0.1, 0.15) is 11.1 Å². The van der Waals surface area contributed by atoms with Gasteiger partial charge < -0.3 is 34.3 Å². The molecule has 1 heterocycles. The smallest absolute Gasteiger partial charge is 0.322 e. The Hall–Kier alpha value is -4.02. The fourth-order valence-electron chi connectivity index (χ4n) is 4.57. The largest absolute Gasteiger partial charge is 0.493 e.